The van der Waals surface area contributed by atoms with Crippen LogP contribution in [0.4, 0.5) is 0 Å². The van der Waals surface area contributed by atoms with Gasteiger partial charge < -0.3 is 4.90 Å². The van der Waals surface area contributed by atoms with Crippen LogP contribution < -0.4 is 0 Å². The minimum absolute atomic E-state index is 0.0352. The van der Waals surface area contributed by atoms with Crippen LogP contribution in [0.15, 0.2) is 48.1 Å². The van der Waals surface area contributed by atoms with Crippen LogP contribution in [0, 0.1) is 0 Å². The molecule has 24 heavy (non-hydrogen) atoms. The van der Waals surface area contributed by atoms with E-state index in [4.69, 9.17) is 0 Å². The van der Waals surface area contributed by atoms with Crippen LogP contribution in [-0.4, -0.2) is 33.9 Å². The molecule has 0 unspecified atom stereocenters. The number of piperidine rings is 1. The summed E-state index contributed by atoms with van der Waals surface area (Å²) in [5, 5.41) is 5.19. The summed E-state index contributed by atoms with van der Waals surface area (Å²) in [6.45, 7) is 3.75. The molecule has 0 saturated carbocycles. The average Bonchev–Trinajstić information content (AvgIpc) is 3.17. The van der Waals surface area contributed by atoms with E-state index >= 15 is 0 Å². The van der Waals surface area contributed by atoms with E-state index in [1.807, 2.05) is 46.8 Å². The van der Waals surface area contributed by atoms with E-state index in [9.17, 15) is 4.79 Å². The molecule has 3 heterocycles. The molecule has 2 aromatic heterocycles. The first-order valence-electron chi connectivity index (χ1n) is 8.20. The molecule has 0 radical (unpaired) electrons. The number of amides is 1. The van der Waals surface area contributed by atoms with Gasteiger partial charge >= 0.3 is 0 Å². The largest absolute Gasteiger partial charge is 0.337 e. The molecule has 0 bridgehead atoms. The first-order chi connectivity index (χ1) is 11.7. The van der Waals surface area contributed by atoms with E-state index in [0.717, 1.165) is 36.7 Å². The SMILES string of the molecule is CC1(c2nccs2)CCN(C(=O)c2nccc3ccccc23)CC1. The van der Waals surface area contributed by atoms with Gasteiger partial charge in [-0.25, -0.2) is 4.98 Å². The molecule has 1 fully saturated rings. The van der Waals surface area contributed by atoms with Crippen LogP contribution in [0.3, 0.4) is 0 Å². The van der Waals surface area contributed by atoms with Gasteiger partial charge in [0, 0.05) is 41.7 Å². The molecule has 5 heteroatoms. The second-order valence-corrected chi connectivity index (χ2v) is 7.47. The number of rotatable bonds is 2. The van der Waals surface area contributed by atoms with Crippen LogP contribution in [0.1, 0.15) is 35.3 Å². The number of hydrogen-bond donors (Lipinski definition) is 0. The van der Waals surface area contributed by atoms with E-state index in [2.05, 4.69) is 16.9 Å². The molecule has 0 spiro atoms. The van der Waals surface area contributed by atoms with E-state index in [1.54, 1.807) is 17.5 Å². The highest BCUT2D eigenvalue weighted by molar-refractivity contribution is 7.09. The molecular weight excluding hydrogens is 318 g/mol. The fourth-order valence-electron chi connectivity index (χ4n) is 3.38. The molecule has 0 atom stereocenters. The third-order valence-electron chi connectivity index (χ3n) is 4.98. The molecule has 1 saturated heterocycles. The summed E-state index contributed by atoms with van der Waals surface area (Å²) < 4.78 is 0. The smallest absolute Gasteiger partial charge is 0.273 e. The Morgan fingerprint density at radius 1 is 1.12 bits per heavy atom. The number of thiazole rings is 1. The fourth-order valence-corrected chi connectivity index (χ4v) is 4.24. The molecule has 122 valence electrons. The van der Waals surface area contributed by atoms with Gasteiger partial charge in [-0.15, -0.1) is 11.3 Å². The van der Waals surface area contributed by atoms with Gasteiger partial charge in [-0.1, -0.05) is 31.2 Å². The number of carbonyl (C=O) groups excluding carboxylic acids is 1. The highest BCUT2D eigenvalue weighted by Crippen LogP contribution is 2.36. The molecule has 0 N–H and O–H groups in total. The third kappa shape index (κ3) is 2.59. The third-order valence-corrected chi connectivity index (χ3v) is 6.06. The zero-order valence-corrected chi connectivity index (χ0v) is 14.4. The highest BCUT2D eigenvalue weighted by atomic mass is 32.1. The van der Waals surface area contributed by atoms with Gasteiger partial charge in [-0.05, 0) is 24.3 Å². The Hall–Kier alpha value is -2.27. The molecular formula is C19H19N3OS. The Kier molecular flexibility index (Phi) is 3.81. The van der Waals surface area contributed by atoms with Crippen molar-refractivity contribution in [1.82, 2.24) is 14.9 Å². The lowest BCUT2D eigenvalue weighted by Gasteiger charge is -2.38. The van der Waals surface area contributed by atoms with Gasteiger partial charge in [0.1, 0.15) is 5.69 Å². The maximum atomic E-state index is 13.0. The normalized spacial score (nSPS) is 17.1. The van der Waals surface area contributed by atoms with Gasteiger partial charge in [0.2, 0.25) is 0 Å². The maximum absolute atomic E-state index is 13.0. The van der Waals surface area contributed by atoms with Gasteiger partial charge in [0.15, 0.2) is 0 Å². The first-order valence-corrected chi connectivity index (χ1v) is 9.08. The number of carbonyl (C=O) groups is 1. The Bertz CT molecular complexity index is 862. The summed E-state index contributed by atoms with van der Waals surface area (Å²) in [4.78, 5) is 23.7. The van der Waals surface area contributed by atoms with E-state index in [1.165, 1.54) is 5.01 Å². The van der Waals surface area contributed by atoms with Crippen LogP contribution in [-0.2, 0) is 5.41 Å². The number of nitrogens with zero attached hydrogens (tertiary/aromatic N) is 3. The molecule has 4 nitrogen and oxygen atoms in total. The van der Waals surface area contributed by atoms with Crippen LogP contribution in [0.5, 0.6) is 0 Å². The molecule has 3 aromatic rings. The van der Waals surface area contributed by atoms with E-state index < -0.39 is 0 Å². The van der Waals surface area contributed by atoms with Crippen molar-refractivity contribution in [3.8, 4) is 0 Å². The minimum Gasteiger partial charge on any atom is -0.337 e. The zero-order valence-electron chi connectivity index (χ0n) is 13.6. The number of likely N-dealkylation sites (tertiary alicyclic amines) is 1. The van der Waals surface area contributed by atoms with Crippen molar-refractivity contribution in [3.05, 3.63) is 58.8 Å². The van der Waals surface area contributed by atoms with Crippen LogP contribution in [0.25, 0.3) is 10.8 Å². The summed E-state index contributed by atoms with van der Waals surface area (Å²) in [5.41, 5.74) is 0.642. The Morgan fingerprint density at radius 2 is 1.92 bits per heavy atom. The minimum atomic E-state index is 0.0352. The Labute approximate surface area is 145 Å². The summed E-state index contributed by atoms with van der Waals surface area (Å²) in [5.74, 6) is 0.0352. The van der Waals surface area contributed by atoms with Gasteiger partial charge in [-0.3, -0.25) is 9.78 Å². The second kappa shape index (κ2) is 5.98. The average molecular weight is 337 g/mol. The van der Waals surface area contributed by atoms with Crippen molar-refractivity contribution in [2.75, 3.05) is 13.1 Å². The predicted octanol–water partition coefficient (Wildman–Crippen LogP) is 3.89. The van der Waals surface area contributed by atoms with Gasteiger partial charge in [-0.2, -0.15) is 0 Å². The number of aromatic nitrogens is 2. The second-order valence-electron chi connectivity index (χ2n) is 6.57. The van der Waals surface area contributed by atoms with Crippen molar-refractivity contribution < 1.29 is 4.79 Å². The van der Waals surface area contributed by atoms with Crippen molar-refractivity contribution >= 4 is 28.0 Å². The lowest BCUT2D eigenvalue weighted by atomic mass is 9.81. The molecule has 1 aromatic carbocycles. The van der Waals surface area contributed by atoms with Crippen molar-refractivity contribution in [3.63, 3.8) is 0 Å². The van der Waals surface area contributed by atoms with Crippen molar-refractivity contribution in [1.29, 1.82) is 0 Å². The van der Waals surface area contributed by atoms with Gasteiger partial charge in [0.05, 0.1) is 5.01 Å². The highest BCUT2D eigenvalue weighted by Gasteiger charge is 2.35. The lowest BCUT2D eigenvalue weighted by molar-refractivity contribution is 0.0672. The fraction of sp³-hybridized carbons (Fsp3) is 0.316. The summed E-state index contributed by atoms with van der Waals surface area (Å²) in [6.07, 6.45) is 5.47. The lowest BCUT2D eigenvalue weighted by Crippen LogP contribution is -2.44. The number of hydrogen-bond acceptors (Lipinski definition) is 4. The topological polar surface area (TPSA) is 46.1 Å². The number of pyridine rings is 1. The number of benzene rings is 1. The van der Waals surface area contributed by atoms with Gasteiger partial charge in [0.25, 0.3) is 5.91 Å². The monoisotopic (exact) mass is 337 g/mol. The van der Waals surface area contributed by atoms with Crippen LogP contribution in [0.2, 0.25) is 0 Å². The Balaban J connectivity index is 1.56. The Morgan fingerprint density at radius 3 is 2.67 bits per heavy atom. The summed E-state index contributed by atoms with van der Waals surface area (Å²) in [7, 11) is 0. The summed E-state index contributed by atoms with van der Waals surface area (Å²) in [6, 6.07) is 9.87. The van der Waals surface area contributed by atoms with Crippen molar-refractivity contribution in [2.24, 2.45) is 0 Å². The molecule has 0 aliphatic carbocycles. The first kappa shape index (κ1) is 15.3. The molecule has 1 amide bonds. The van der Waals surface area contributed by atoms with Crippen molar-refractivity contribution in [2.45, 2.75) is 25.2 Å². The molecule has 4 rings (SSSR count). The zero-order chi connectivity index (χ0) is 16.6. The van der Waals surface area contributed by atoms with Crippen LogP contribution >= 0.6 is 11.3 Å². The maximum Gasteiger partial charge on any atom is 0.273 e. The van der Waals surface area contributed by atoms with E-state index in [0.29, 0.717) is 5.69 Å². The predicted molar refractivity (Wildman–Crippen MR) is 96.3 cm³/mol. The standard InChI is InChI=1S/C19H19N3OS/c1-19(18-21-10-13-24-18)7-11-22(12-8-19)17(23)16-15-5-3-2-4-14(15)6-9-20-16/h2-6,9-10,13H,7-8,11-12H2,1H3. The van der Waals surface area contributed by atoms with E-state index in [-0.39, 0.29) is 11.3 Å². The molecule has 1 aliphatic heterocycles. The molecule has 1 aliphatic rings. The number of fused-ring (bicyclic) bond motifs is 1. The summed E-state index contributed by atoms with van der Waals surface area (Å²) >= 11 is 1.71. The quantitative estimate of drug-likeness (QED) is 0.713.